The molecule has 0 spiro atoms. The number of rotatable bonds is 3. The second-order valence-corrected chi connectivity index (χ2v) is 7.45. The highest BCUT2D eigenvalue weighted by atomic mass is 79.9. The van der Waals surface area contributed by atoms with Crippen LogP contribution >= 0.6 is 27.3 Å². The first-order chi connectivity index (χ1) is 11.6. The van der Waals surface area contributed by atoms with Gasteiger partial charge >= 0.3 is 0 Å². The molecule has 4 aromatic rings. The van der Waals surface area contributed by atoms with Gasteiger partial charge in [0, 0.05) is 22.7 Å². The number of fused-ring (bicyclic) bond motifs is 1. The van der Waals surface area contributed by atoms with Crippen LogP contribution in [0.3, 0.4) is 0 Å². The van der Waals surface area contributed by atoms with Crippen molar-refractivity contribution in [2.45, 2.75) is 13.3 Å². The summed E-state index contributed by atoms with van der Waals surface area (Å²) in [5.41, 5.74) is 6.23. The van der Waals surface area contributed by atoms with Crippen LogP contribution in [0.5, 0.6) is 0 Å². The number of halogens is 2. The summed E-state index contributed by atoms with van der Waals surface area (Å²) in [4.78, 5) is 4.86. The number of hydrogen-bond acceptors (Lipinski definition) is 2. The molecule has 0 unspecified atom stereocenters. The van der Waals surface area contributed by atoms with Crippen LogP contribution < -0.4 is 0 Å². The molecule has 0 fully saturated rings. The summed E-state index contributed by atoms with van der Waals surface area (Å²) >= 11 is 5.26. The van der Waals surface area contributed by atoms with Crippen LogP contribution in [0.4, 0.5) is 4.39 Å². The third-order valence-electron chi connectivity index (χ3n) is 4.04. The Hall–Kier alpha value is -1.98. The van der Waals surface area contributed by atoms with Gasteiger partial charge in [0.15, 0.2) is 0 Å². The van der Waals surface area contributed by atoms with Gasteiger partial charge in [-0.15, -0.1) is 0 Å². The van der Waals surface area contributed by atoms with Crippen molar-refractivity contribution in [3.8, 4) is 11.3 Å². The summed E-state index contributed by atoms with van der Waals surface area (Å²) in [5.74, 6) is -0.235. The Morgan fingerprint density at radius 3 is 2.71 bits per heavy atom. The Morgan fingerprint density at radius 1 is 1.21 bits per heavy atom. The lowest BCUT2D eigenvalue weighted by Gasteiger charge is -2.06. The van der Waals surface area contributed by atoms with E-state index in [4.69, 9.17) is 4.98 Å². The van der Waals surface area contributed by atoms with Crippen molar-refractivity contribution in [3.05, 3.63) is 80.5 Å². The van der Waals surface area contributed by atoms with E-state index >= 15 is 0 Å². The fourth-order valence-corrected chi connectivity index (χ4v) is 4.13. The van der Waals surface area contributed by atoms with Crippen molar-refractivity contribution in [2.24, 2.45) is 0 Å². The van der Waals surface area contributed by atoms with Crippen LogP contribution in [0.2, 0.25) is 0 Å². The van der Waals surface area contributed by atoms with Crippen molar-refractivity contribution in [1.82, 2.24) is 9.38 Å². The van der Waals surface area contributed by atoms with Gasteiger partial charge in [-0.3, -0.25) is 0 Å². The Labute approximate surface area is 151 Å². The maximum absolute atomic E-state index is 13.3. The topological polar surface area (TPSA) is 17.3 Å². The molecule has 120 valence electrons. The number of thiophene rings is 1. The normalized spacial score (nSPS) is 11.3. The van der Waals surface area contributed by atoms with Crippen molar-refractivity contribution >= 4 is 32.9 Å². The van der Waals surface area contributed by atoms with Gasteiger partial charge in [-0.05, 0) is 81.1 Å². The minimum atomic E-state index is -0.235. The monoisotopic (exact) mass is 400 g/mol. The number of hydrogen-bond donors (Lipinski definition) is 0. The van der Waals surface area contributed by atoms with Crippen LogP contribution in [0.25, 0.3) is 16.9 Å². The molecule has 0 aliphatic carbocycles. The molecule has 5 heteroatoms. The standard InChI is InChI=1S/C19H14BrFN2S/c1-12-8-15(20)10-23-17(9-13-6-7-24-11-13)18(22-19(12)23)14-2-4-16(21)5-3-14/h2-8,10-11H,9H2,1H3. The molecule has 3 heterocycles. The predicted octanol–water partition coefficient (Wildman–Crippen LogP) is 5.86. The van der Waals surface area contributed by atoms with E-state index in [9.17, 15) is 4.39 Å². The van der Waals surface area contributed by atoms with E-state index in [-0.39, 0.29) is 5.82 Å². The van der Waals surface area contributed by atoms with Gasteiger partial charge in [0.1, 0.15) is 11.5 Å². The molecule has 3 aromatic heterocycles. The van der Waals surface area contributed by atoms with Crippen molar-refractivity contribution in [2.75, 3.05) is 0 Å². The number of aryl methyl sites for hydroxylation is 1. The molecule has 0 atom stereocenters. The molecule has 1 aromatic carbocycles. The lowest BCUT2D eigenvalue weighted by Crippen LogP contribution is -1.97. The molecule has 0 N–H and O–H groups in total. The summed E-state index contributed by atoms with van der Waals surface area (Å²) in [6.07, 6.45) is 2.83. The third-order valence-corrected chi connectivity index (χ3v) is 5.20. The minimum Gasteiger partial charge on any atom is -0.302 e. The Morgan fingerprint density at radius 2 is 2.00 bits per heavy atom. The van der Waals surface area contributed by atoms with E-state index in [1.165, 1.54) is 17.7 Å². The zero-order valence-corrected chi connectivity index (χ0v) is 15.4. The van der Waals surface area contributed by atoms with Crippen LogP contribution in [0, 0.1) is 12.7 Å². The molecule has 2 nitrogen and oxygen atoms in total. The summed E-state index contributed by atoms with van der Waals surface area (Å²) in [6, 6.07) is 10.7. The van der Waals surface area contributed by atoms with Crippen LogP contribution in [0.15, 0.2) is 57.8 Å². The lowest BCUT2D eigenvalue weighted by atomic mass is 10.1. The summed E-state index contributed by atoms with van der Waals surface area (Å²) in [5, 5.41) is 4.23. The lowest BCUT2D eigenvalue weighted by molar-refractivity contribution is 0.628. The molecule has 0 amide bonds. The summed E-state index contributed by atoms with van der Waals surface area (Å²) in [7, 11) is 0. The SMILES string of the molecule is Cc1cc(Br)cn2c(Cc3ccsc3)c(-c3ccc(F)cc3)nc12. The number of imidazole rings is 1. The zero-order chi connectivity index (χ0) is 16.7. The van der Waals surface area contributed by atoms with E-state index in [1.807, 2.05) is 6.20 Å². The highest BCUT2D eigenvalue weighted by Gasteiger charge is 2.16. The molecule has 0 saturated carbocycles. The van der Waals surface area contributed by atoms with Gasteiger partial charge in [0.2, 0.25) is 0 Å². The predicted molar refractivity (Wildman–Crippen MR) is 100 cm³/mol. The highest BCUT2D eigenvalue weighted by Crippen LogP contribution is 2.29. The number of benzene rings is 1. The van der Waals surface area contributed by atoms with Crippen LogP contribution in [-0.4, -0.2) is 9.38 Å². The van der Waals surface area contributed by atoms with Gasteiger partial charge in [0.25, 0.3) is 0 Å². The molecular weight excluding hydrogens is 387 g/mol. The quantitative estimate of drug-likeness (QED) is 0.420. The Bertz CT molecular complexity index is 1000. The maximum Gasteiger partial charge on any atom is 0.140 e. The first kappa shape index (κ1) is 15.5. The molecule has 0 radical (unpaired) electrons. The van der Waals surface area contributed by atoms with Gasteiger partial charge in [-0.25, -0.2) is 9.37 Å². The summed E-state index contributed by atoms with van der Waals surface area (Å²) < 4.78 is 16.4. The van der Waals surface area contributed by atoms with Gasteiger partial charge in [-0.1, -0.05) is 0 Å². The molecule has 0 aliphatic heterocycles. The van der Waals surface area contributed by atoms with Gasteiger partial charge in [-0.2, -0.15) is 11.3 Å². The molecule has 0 saturated heterocycles. The molecule has 24 heavy (non-hydrogen) atoms. The minimum absolute atomic E-state index is 0.235. The third kappa shape index (κ3) is 2.78. The number of aromatic nitrogens is 2. The number of nitrogens with zero attached hydrogens (tertiary/aromatic N) is 2. The fourth-order valence-electron chi connectivity index (χ4n) is 2.91. The average molecular weight is 401 g/mol. The van der Waals surface area contributed by atoms with Crippen molar-refractivity contribution < 1.29 is 4.39 Å². The fraction of sp³-hybridized carbons (Fsp3) is 0.105. The van der Waals surface area contributed by atoms with Crippen molar-refractivity contribution in [1.29, 1.82) is 0 Å². The van der Waals surface area contributed by atoms with E-state index in [0.717, 1.165) is 39.1 Å². The van der Waals surface area contributed by atoms with Crippen LogP contribution in [0.1, 0.15) is 16.8 Å². The molecule has 4 rings (SSSR count). The van der Waals surface area contributed by atoms with Gasteiger partial charge < -0.3 is 4.40 Å². The van der Waals surface area contributed by atoms with Gasteiger partial charge in [0.05, 0.1) is 11.4 Å². The number of pyridine rings is 1. The zero-order valence-electron chi connectivity index (χ0n) is 13.0. The Kier molecular flexibility index (Phi) is 3.98. The largest absolute Gasteiger partial charge is 0.302 e. The van der Waals surface area contributed by atoms with E-state index in [1.54, 1.807) is 23.5 Å². The van der Waals surface area contributed by atoms with E-state index in [2.05, 4.69) is 50.1 Å². The van der Waals surface area contributed by atoms with Crippen LogP contribution in [-0.2, 0) is 6.42 Å². The molecular formula is C19H14BrFN2S. The molecule has 0 aliphatic rings. The first-order valence-corrected chi connectivity index (χ1v) is 9.29. The van der Waals surface area contributed by atoms with Crippen molar-refractivity contribution in [3.63, 3.8) is 0 Å². The van der Waals surface area contributed by atoms with E-state index in [0.29, 0.717) is 0 Å². The highest BCUT2D eigenvalue weighted by molar-refractivity contribution is 9.10. The maximum atomic E-state index is 13.3. The molecule has 0 bridgehead atoms. The average Bonchev–Trinajstić information content (AvgIpc) is 3.18. The smallest absolute Gasteiger partial charge is 0.140 e. The summed E-state index contributed by atoms with van der Waals surface area (Å²) in [6.45, 7) is 2.05. The second-order valence-electron chi connectivity index (χ2n) is 5.76. The van der Waals surface area contributed by atoms with E-state index < -0.39 is 0 Å². The Balaban J connectivity index is 1.97. The second kappa shape index (κ2) is 6.15. The first-order valence-electron chi connectivity index (χ1n) is 7.56.